The summed E-state index contributed by atoms with van der Waals surface area (Å²) in [4.78, 5) is 31.4. The molecule has 0 aliphatic carbocycles. The van der Waals surface area contributed by atoms with Crippen LogP contribution in [0.1, 0.15) is 44.7 Å². The highest BCUT2D eigenvalue weighted by Crippen LogP contribution is 2.32. The Labute approximate surface area is 223 Å². The van der Waals surface area contributed by atoms with E-state index < -0.39 is 0 Å². The van der Waals surface area contributed by atoms with Gasteiger partial charge in [0.15, 0.2) is 0 Å². The van der Waals surface area contributed by atoms with Gasteiger partial charge in [-0.25, -0.2) is 0 Å². The summed E-state index contributed by atoms with van der Waals surface area (Å²) in [5.41, 5.74) is 7.14. The molecule has 4 aromatic rings. The molecule has 1 saturated heterocycles. The maximum atomic E-state index is 13.7. The summed E-state index contributed by atoms with van der Waals surface area (Å²) in [6.45, 7) is 4.72. The number of nitrogens with one attached hydrogen (secondary N) is 1. The van der Waals surface area contributed by atoms with Crippen molar-refractivity contribution in [2.45, 2.75) is 32.4 Å². The van der Waals surface area contributed by atoms with E-state index in [1.165, 1.54) is 17.5 Å². The SMILES string of the molecule is Cc1ccc(-c2ccccc2C(=O)Nc2ccc(C(=O)N3C[C@H]4CCCN4Cc4ccccc43)cc2)cc1. The zero-order valence-electron chi connectivity index (χ0n) is 21.6. The minimum Gasteiger partial charge on any atom is -0.322 e. The highest BCUT2D eigenvalue weighted by molar-refractivity contribution is 6.10. The molecule has 1 fully saturated rings. The smallest absolute Gasteiger partial charge is 0.258 e. The molecule has 0 bridgehead atoms. The van der Waals surface area contributed by atoms with Gasteiger partial charge >= 0.3 is 0 Å². The van der Waals surface area contributed by atoms with E-state index in [9.17, 15) is 9.59 Å². The Morgan fingerprint density at radius 3 is 2.39 bits per heavy atom. The number of amides is 2. The van der Waals surface area contributed by atoms with E-state index in [0.717, 1.165) is 36.3 Å². The fourth-order valence-electron chi connectivity index (χ4n) is 5.65. The van der Waals surface area contributed by atoms with Crippen molar-refractivity contribution in [1.29, 1.82) is 0 Å². The third-order valence-electron chi connectivity index (χ3n) is 7.72. The van der Waals surface area contributed by atoms with Crippen molar-refractivity contribution in [2.75, 3.05) is 23.3 Å². The lowest BCUT2D eigenvalue weighted by molar-refractivity contribution is 0.0980. The molecule has 2 amide bonds. The highest BCUT2D eigenvalue weighted by Gasteiger charge is 2.33. The van der Waals surface area contributed by atoms with Crippen molar-refractivity contribution in [2.24, 2.45) is 0 Å². The van der Waals surface area contributed by atoms with E-state index in [1.54, 1.807) is 0 Å². The molecule has 0 spiro atoms. The molecule has 6 rings (SSSR count). The summed E-state index contributed by atoms with van der Waals surface area (Å²) >= 11 is 0. The molecule has 1 N–H and O–H groups in total. The fraction of sp³-hybridized carbons (Fsp3) is 0.212. The molecule has 1 atom stereocenters. The van der Waals surface area contributed by atoms with Crippen LogP contribution in [0.4, 0.5) is 11.4 Å². The predicted molar refractivity (Wildman–Crippen MR) is 153 cm³/mol. The van der Waals surface area contributed by atoms with Crippen LogP contribution in [0.3, 0.4) is 0 Å². The Bertz CT molecular complexity index is 1480. The lowest BCUT2D eigenvalue weighted by Gasteiger charge is -2.26. The number of nitrogens with zero attached hydrogens (tertiary/aromatic N) is 2. The number of anilines is 2. The summed E-state index contributed by atoms with van der Waals surface area (Å²) in [5, 5.41) is 3.01. The third-order valence-corrected chi connectivity index (χ3v) is 7.72. The Hall–Kier alpha value is -4.22. The molecule has 2 aliphatic heterocycles. The fourth-order valence-corrected chi connectivity index (χ4v) is 5.65. The molecule has 2 aliphatic rings. The Balaban J connectivity index is 1.21. The molecule has 0 saturated carbocycles. The molecule has 4 aromatic carbocycles. The number of carbonyl (C=O) groups is 2. The van der Waals surface area contributed by atoms with E-state index in [1.807, 2.05) is 96.8 Å². The van der Waals surface area contributed by atoms with Gasteiger partial charge in [-0.05, 0) is 79.4 Å². The largest absolute Gasteiger partial charge is 0.322 e. The van der Waals surface area contributed by atoms with Crippen LogP contribution in [0.5, 0.6) is 0 Å². The van der Waals surface area contributed by atoms with E-state index in [2.05, 4.69) is 22.3 Å². The monoisotopic (exact) mass is 501 g/mol. The molecular weight excluding hydrogens is 470 g/mol. The van der Waals surface area contributed by atoms with Crippen molar-refractivity contribution < 1.29 is 9.59 Å². The zero-order chi connectivity index (χ0) is 26.1. The first-order valence-electron chi connectivity index (χ1n) is 13.3. The average molecular weight is 502 g/mol. The van der Waals surface area contributed by atoms with Gasteiger partial charge in [0.1, 0.15) is 0 Å². The van der Waals surface area contributed by atoms with Crippen LogP contribution in [0, 0.1) is 6.92 Å². The summed E-state index contributed by atoms with van der Waals surface area (Å²) in [5.74, 6) is -0.184. The Kier molecular flexibility index (Phi) is 6.52. The van der Waals surface area contributed by atoms with Crippen LogP contribution in [-0.2, 0) is 6.54 Å². The Morgan fingerprint density at radius 2 is 1.58 bits per heavy atom. The number of rotatable bonds is 4. The van der Waals surface area contributed by atoms with Crippen LogP contribution in [0.2, 0.25) is 0 Å². The lowest BCUT2D eigenvalue weighted by atomic mass is 9.98. The van der Waals surface area contributed by atoms with Crippen LogP contribution in [0.25, 0.3) is 11.1 Å². The van der Waals surface area contributed by atoms with E-state index in [-0.39, 0.29) is 11.8 Å². The van der Waals surface area contributed by atoms with Gasteiger partial charge < -0.3 is 10.2 Å². The summed E-state index contributed by atoms with van der Waals surface area (Å²) < 4.78 is 0. The van der Waals surface area contributed by atoms with Gasteiger partial charge in [0.05, 0.1) is 0 Å². The zero-order valence-corrected chi connectivity index (χ0v) is 21.6. The molecule has 5 nitrogen and oxygen atoms in total. The number of aryl methyl sites for hydroxylation is 1. The van der Waals surface area contributed by atoms with Crippen LogP contribution >= 0.6 is 0 Å². The number of fused-ring (bicyclic) bond motifs is 2. The maximum Gasteiger partial charge on any atom is 0.258 e. The third kappa shape index (κ3) is 4.73. The molecular formula is C33H31N3O2. The average Bonchev–Trinajstić information content (AvgIpc) is 3.32. The molecule has 5 heteroatoms. The van der Waals surface area contributed by atoms with Gasteiger partial charge in [0, 0.05) is 41.6 Å². The molecule has 38 heavy (non-hydrogen) atoms. The minimum atomic E-state index is -0.178. The maximum absolute atomic E-state index is 13.7. The van der Waals surface area contributed by atoms with Crippen molar-refractivity contribution in [3.63, 3.8) is 0 Å². The van der Waals surface area contributed by atoms with E-state index in [4.69, 9.17) is 0 Å². The van der Waals surface area contributed by atoms with Crippen LogP contribution in [0.15, 0.2) is 97.1 Å². The van der Waals surface area contributed by atoms with Crippen molar-refractivity contribution >= 4 is 23.2 Å². The predicted octanol–water partition coefficient (Wildman–Crippen LogP) is 6.54. The van der Waals surface area contributed by atoms with Crippen molar-refractivity contribution in [3.8, 4) is 11.1 Å². The number of carbonyl (C=O) groups excluding carboxylic acids is 2. The highest BCUT2D eigenvalue weighted by atomic mass is 16.2. The standard InChI is InChI=1S/C33H31N3O2/c1-23-12-14-24(15-13-23)29-9-3-4-10-30(29)32(37)34-27-18-16-25(17-19-27)33(38)36-22-28-8-6-20-35(28)21-26-7-2-5-11-31(26)36/h2-5,7,9-19,28H,6,8,20-22H2,1H3,(H,34,37)/t28-/m1/s1. The summed E-state index contributed by atoms with van der Waals surface area (Å²) in [7, 11) is 0. The number of benzene rings is 4. The number of hydrogen-bond acceptors (Lipinski definition) is 3. The van der Waals surface area contributed by atoms with Crippen LogP contribution < -0.4 is 10.2 Å². The van der Waals surface area contributed by atoms with Gasteiger partial charge in [-0.3, -0.25) is 14.5 Å². The first kappa shape index (κ1) is 24.1. The summed E-state index contributed by atoms with van der Waals surface area (Å²) in [6, 6.07) is 31.6. The lowest BCUT2D eigenvalue weighted by Crippen LogP contribution is -2.40. The first-order valence-corrected chi connectivity index (χ1v) is 13.3. The van der Waals surface area contributed by atoms with Crippen LogP contribution in [-0.4, -0.2) is 35.8 Å². The van der Waals surface area contributed by atoms with Gasteiger partial charge in [0.25, 0.3) is 11.8 Å². The second-order valence-electron chi connectivity index (χ2n) is 10.3. The molecule has 0 radical (unpaired) electrons. The van der Waals surface area contributed by atoms with Crippen molar-refractivity contribution in [3.05, 3.63) is 119 Å². The molecule has 0 unspecified atom stereocenters. The molecule has 190 valence electrons. The quantitative estimate of drug-likeness (QED) is 0.346. The summed E-state index contributed by atoms with van der Waals surface area (Å²) in [6.07, 6.45) is 2.29. The van der Waals surface area contributed by atoms with E-state index >= 15 is 0 Å². The van der Waals surface area contributed by atoms with Gasteiger partial charge in [0.2, 0.25) is 0 Å². The van der Waals surface area contributed by atoms with Gasteiger partial charge in [-0.1, -0.05) is 66.2 Å². The van der Waals surface area contributed by atoms with Gasteiger partial charge in [-0.2, -0.15) is 0 Å². The second-order valence-corrected chi connectivity index (χ2v) is 10.3. The topological polar surface area (TPSA) is 52.7 Å². The minimum absolute atomic E-state index is 0.00575. The Morgan fingerprint density at radius 1 is 0.842 bits per heavy atom. The first-order chi connectivity index (χ1) is 18.6. The number of hydrogen-bond donors (Lipinski definition) is 1. The number of para-hydroxylation sites is 1. The van der Waals surface area contributed by atoms with Gasteiger partial charge in [-0.15, -0.1) is 0 Å². The normalized spacial score (nSPS) is 16.9. The molecule has 2 heterocycles. The molecule has 0 aromatic heterocycles. The van der Waals surface area contributed by atoms with Crippen molar-refractivity contribution in [1.82, 2.24) is 4.90 Å². The second kappa shape index (κ2) is 10.3. The van der Waals surface area contributed by atoms with E-state index in [0.29, 0.717) is 29.4 Å².